The molecule has 2 aromatic carbocycles. The van der Waals surface area contributed by atoms with E-state index in [1.165, 1.54) is 12.4 Å². The molecular weight excluding hydrogens is 478 g/mol. The van der Waals surface area contributed by atoms with Crippen molar-refractivity contribution < 1.29 is 18.0 Å². The molecule has 3 heterocycles. The summed E-state index contributed by atoms with van der Waals surface area (Å²) in [6.07, 6.45) is 4.13. The highest BCUT2D eigenvalue weighted by Gasteiger charge is 2.33. The number of hydrogen-bond donors (Lipinski definition) is 0. The van der Waals surface area contributed by atoms with Crippen LogP contribution in [0.1, 0.15) is 22.8 Å². The van der Waals surface area contributed by atoms with E-state index in [9.17, 15) is 18.0 Å². The van der Waals surface area contributed by atoms with Gasteiger partial charge in [0.05, 0.1) is 0 Å². The Kier molecular flexibility index (Phi) is 6.21. The topological polar surface area (TPSA) is 104 Å². The van der Waals surface area contributed by atoms with Gasteiger partial charge in [-0.25, -0.2) is 18.4 Å². The lowest BCUT2D eigenvalue weighted by molar-refractivity contribution is -0.134. The molecule has 0 N–H and O–H groups in total. The van der Waals surface area contributed by atoms with Gasteiger partial charge in [0.15, 0.2) is 0 Å². The number of nitrogens with zero attached hydrogens (tertiary/aromatic N) is 5. The average molecular weight is 506 g/mol. The maximum atomic E-state index is 13.2. The summed E-state index contributed by atoms with van der Waals surface area (Å²) in [5, 5.41) is -0.205. The molecule has 1 fully saturated rings. The van der Waals surface area contributed by atoms with E-state index in [0.29, 0.717) is 31.7 Å². The van der Waals surface area contributed by atoms with Crippen molar-refractivity contribution in [2.45, 2.75) is 24.7 Å². The Balaban J connectivity index is 1.28. The van der Waals surface area contributed by atoms with Crippen molar-refractivity contribution in [3.8, 4) is 11.1 Å². The summed E-state index contributed by atoms with van der Waals surface area (Å²) in [7, 11) is -3.48. The molecule has 0 saturated carbocycles. The molecule has 0 spiro atoms. The van der Waals surface area contributed by atoms with Crippen molar-refractivity contribution in [1.29, 1.82) is 0 Å². The number of aromatic nitrogens is 2. The molecule has 2 aliphatic rings. The molecule has 1 aromatic heterocycles. The summed E-state index contributed by atoms with van der Waals surface area (Å²) in [5.74, 6) is -0.148. The lowest BCUT2D eigenvalue weighted by atomic mass is 10.0. The van der Waals surface area contributed by atoms with Crippen LogP contribution in [0.5, 0.6) is 0 Å². The number of fused-ring (bicyclic) bond motifs is 1. The first-order valence-electron chi connectivity index (χ1n) is 11.8. The van der Waals surface area contributed by atoms with Gasteiger partial charge in [0.25, 0.3) is 5.91 Å². The Hall–Kier alpha value is -3.79. The van der Waals surface area contributed by atoms with Crippen LogP contribution in [0, 0.1) is 0 Å². The van der Waals surface area contributed by atoms with E-state index in [1.807, 2.05) is 54.3 Å². The molecule has 9 nitrogen and oxygen atoms in total. The van der Waals surface area contributed by atoms with E-state index >= 15 is 0 Å². The van der Waals surface area contributed by atoms with Gasteiger partial charge in [-0.3, -0.25) is 9.59 Å². The lowest BCUT2D eigenvalue weighted by Crippen LogP contribution is -2.56. The molecule has 2 amide bonds. The highest BCUT2D eigenvalue weighted by molar-refractivity contribution is 7.90. The van der Waals surface area contributed by atoms with Gasteiger partial charge in [0.1, 0.15) is 6.54 Å². The highest BCUT2D eigenvalue weighted by atomic mass is 32.2. The fraction of sp³-hybridized carbons (Fsp3) is 0.308. The minimum atomic E-state index is -3.48. The fourth-order valence-corrected chi connectivity index (χ4v) is 5.37. The molecule has 0 aliphatic carbocycles. The van der Waals surface area contributed by atoms with Gasteiger partial charge in [-0.05, 0) is 24.6 Å². The summed E-state index contributed by atoms with van der Waals surface area (Å²) < 4.78 is 23.4. The minimum absolute atomic E-state index is 0.0525. The molecule has 0 radical (unpaired) electrons. The second-order valence-corrected chi connectivity index (χ2v) is 11.2. The molecule has 0 bridgehead atoms. The number of hydrogen-bond acceptors (Lipinski definition) is 7. The number of carbonyl (C=O) groups is 2. The van der Waals surface area contributed by atoms with E-state index < -0.39 is 9.84 Å². The van der Waals surface area contributed by atoms with Crippen molar-refractivity contribution in [3.63, 3.8) is 0 Å². The molecule has 1 unspecified atom stereocenters. The second kappa shape index (κ2) is 9.34. The van der Waals surface area contributed by atoms with E-state index in [-0.39, 0.29) is 29.6 Å². The quantitative estimate of drug-likeness (QED) is 0.490. The van der Waals surface area contributed by atoms with Crippen LogP contribution in [0.4, 0.5) is 5.69 Å². The van der Waals surface area contributed by atoms with E-state index in [1.54, 1.807) is 11.0 Å². The van der Waals surface area contributed by atoms with Gasteiger partial charge in [-0.2, -0.15) is 0 Å². The van der Waals surface area contributed by atoms with Gasteiger partial charge >= 0.3 is 0 Å². The van der Waals surface area contributed by atoms with Gasteiger partial charge in [-0.15, -0.1) is 0 Å². The van der Waals surface area contributed by atoms with Crippen LogP contribution in [-0.2, 0) is 21.2 Å². The average Bonchev–Trinajstić information content (AvgIpc) is 3.18. The minimum Gasteiger partial charge on any atom is -0.367 e. The lowest BCUT2D eigenvalue weighted by Gasteiger charge is -2.42. The van der Waals surface area contributed by atoms with Gasteiger partial charge in [0.2, 0.25) is 20.9 Å². The van der Waals surface area contributed by atoms with Gasteiger partial charge in [0, 0.05) is 73.2 Å². The van der Waals surface area contributed by atoms with Crippen LogP contribution in [0.2, 0.25) is 0 Å². The Morgan fingerprint density at radius 3 is 2.33 bits per heavy atom. The van der Waals surface area contributed by atoms with Crippen LogP contribution < -0.4 is 4.90 Å². The number of rotatable bonds is 5. The fourth-order valence-electron chi connectivity index (χ4n) is 4.88. The Morgan fingerprint density at radius 2 is 1.67 bits per heavy atom. The first-order chi connectivity index (χ1) is 17.2. The summed E-state index contributed by atoms with van der Waals surface area (Å²) >= 11 is 0. The first-order valence-corrected chi connectivity index (χ1v) is 13.6. The Labute approximate surface area is 210 Å². The third kappa shape index (κ3) is 4.56. The number of carbonyl (C=O) groups excluding carboxylic acids is 2. The zero-order chi connectivity index (χ0) is 25.4. The van der Waals surface area contributed by atoms with Gasteiger partial charge in [-0.1, -0.05) is 36.4 Å². The summed E-state index contributed by atoms with van der Waals surface area (Å²) in [4.78, 5) is 39.6. The zero-order valence-electron chi connectivity index (χ0n) is 20.2. The zero-order valence-corrected chi connectivity index (χ0v) is 21.0. The van der Waals surface area contributed by atoms with Crippen LogP contribution in [0.15, 0.2) is 66.1 Å². The molecule has 10 heteroatoms. The second-order valence-electron chi connectivity index (χ2n) is 9.24. The SMILES string of the molecule is CC1CN(c2ccccc2-c2cnc(S(C)(=O)=O)nc2)CCN1C(=O)CN1Cc2ccccc2C1=O. The Bertz CT molecular complexity index is 1420. The van der Waals surface area contributed by atoms with Crippen LogP contribution >= 0.6 is 0 Å². The normalized spacial score (nSPS) is 17.9. The van der Waals surface area contributed by atoms with Crippen LogP contribution in [0.3, 0.4) is 0 Å². The van der Waals surface area contributed by atoms with Crippen molar-refractivity contribution in [2.75, 3.05) is 37.3 Å². The van der Waals surface area contributed by atoms with E-state index in [4.69, 9.17) is 0 Å². The molecule has 1 saturated heterocycles. The molecule has 5 rings (SSSR count). The van der Waals surface area contributed by atoms with E-state index in [2.05, 4.69) is 14.9 Å². The number of anilines is 1. The molecular formula is C26H27N5O4S. The third-order valence-electron chi connectivity index (χ3n) is 6.69. The number of para-hydroxylation sites is 1. The predicted molar refractivity (Wildman–Crippen MR) is 135 cm³/mol. The first kappa shape index (κ1) is 23.9. The Morgan fingerprint density at radius 1 is 1.00 bits per heavy atom. The largest absolute Gasteiger partial charge is 0.367 e. The molecule has 3 aromatic rings. The maximum absolute atomic E-state index is 13.2. The number of amides is 2. The smallest absolute Gasteiger partial charge is 0.254 e. The number of benzene rings is 2. The molecule has 2 aliphatic heterocycles. The molecule has 36 heavy (non-hydrogen) atoms. The summed E-state index contributed by atoms with van der Waals surface area (Å²) in [6, 6.07) is 15.2. The van der Waals surface area contributed by atoms with Crippen LogP contribution in [0.25, 0.3) is 11.1 Å². The number of piperazine rings is 1. The van der Waals surface area contributed by atoms with Crippen molar-refractivity contribution in [2.24, 2.45) is 0 Å². The molecule has 186 valence electrons. The predicted octanol–water partition coefficient (Wildman–Crippen LogP) is 2.24. The molecule has 1 atom stereocenters. The van der Waals surface area contributed by atoms with Gasteiger partial charge < -0.3 is 14.7 Å². The standard InChI is InChI=1S/C26H27N5O4S/c1-18-15-29(23-10-6-5-8-21(23)20-13-27-26(28-14-20)36(2,34)35)11-12-31(18)24(32)17-30-16-19-7-3-4-9-22(19)25(30)33/h3-10,13-14,18H,11-12,15-17H2,1-2H3. The summed E-state index contributed by atoms with van der Waals surface area (Å²) in [5.41, 5.74) is 4.21. The van der Waals surface area contributed by atoms with Crippen molar-refractivity contribution in [1.82, 2.24) is 19.8 Å². The maximum Gasteiger partial charge on any atom is 0.254 e. The van der Waals surface area contributed by atoms with Crippen molar-refractivity contribution >= 4 is 27.3 Å². The highest BCUT2D eigenvalue weighted by Crippen LogP contribution is 2.32. The monoisotopic (exact) mass is 505 g/mol. The van der Waals surface area contributed by atoms with Crippen LogP contribution in [-0.4, -0.2) is 78.5 Å². The van der Waals surface area contributed by atoms with E-state index in [0.717, 1.165) is 28.6 Å². The van der Waals surface area contributed by atoms with Crippen molar-refractivity contribution in [3.05, 3.63) is 72.1 Å². The third-order valence-corrected chi connectivity index (χ3v) is 7.56. The number of sulfone groups is 1. The summed E-state index contributed by atoms with van der Waals surface area (Å²) in [6.45, 7) is 4.33.